The number of ketones is 1. The number of halogens is 3. The van der Waals surface area contributed by atoms with Crippen molar-refractivity contribution < 1.29 is 37.3 Å². The molecular formula is C23H29F3O5. The molecule has 0 heterocycles. The molecule has 1 aromatic carbocycles. The number of carbonyl (C=O) groups excluding carboxylic acids is 2. The van der Waals surface area contributed by atoms with E-state index in [9.17, 15) is 27.9 Å². The Labute approximate surface area is 180 Å². The normalized spacial score (nSPS) is 24.2. The molecule has 172 valence electrons. The van der Waals surface area contributed by atoms with Crippen molar-refractivity contribution in [2.24, 2.45) is 5.41 Å². The van der Waals surface area contributed by atoms with Gasteiger partial charge in [0.2, 0.25) is 0 Å². The summed E-state index contributed by atoms with van der Waals surface area (Å²) in [6, 6.07) is 6.59. The summed E-state index contributed by atoms with van der Waals surface area (Å²) in [4.78, 5) is 24.6. The van der Waals surface area contributed by atoms with Crippen molar-refractivity contribution in [2.75, 3.05) is 7.11 Å². The number of carbonyl (C=O) groups is 2. The lowest BCUT2D eigenvalue weighted by Crippen LogP contribution is -2.52. The first kappa shape index (κ1) is 25.1. The van der Waals surface area contributed by atoms with Gasteiger partial charge in [-0.05, 0) is 38.3 Å². The summed E-state index contributed by atoms with van der Waals surface area (Å²) in [6.45, 7) is 6.62. The molecule has 1 N–H and O–H groups in total. The van der Waals surface area contributed by atoms with Crippen LogP contribution in [0, 0.1) is 5.41 Å². The average molecular weight is 442 g/mol. The molecule has 1 aliphatic rings. The maximum absolute atomic E-state index is 14.0. The van der Waals surface area contributed by atoms with Crippen molar-refractivity contribution >= 4 is 11.8 Å². The maximum Gasteiger partial charge on any atom is 0.432 e. The topological polar surface area (TPSA) is 72.8 Å². The number of alkyl halides is 3. The van der Waals surface area contributed by atoms with Gasteiger partial charge in [0, 0.05) is 24.5 Å². The summed E-state index contributed by atoms with van der Waals surface area (Å²) in [5.41, 5.74) is -5.27. The van der Waals surface area contributed by atoms with Crippen molar-refractivity contribution in [1.29, 1.82) is 0 Å². The Bertz CT molecular complexity index is 847. The molecule has 0 spiro atoms. The average Bonchev–Trinajstić information content (AvgIpc) is 2.65. The summed E-state index contributed by atoms with van der Waals surface area (Å²) in [5.74, 6) is -1.66. The van der Waals surface area contributed by atoms with E-state index in [0.717, 1.165) is 19.2 Å². The zero-order valence-electron chi connectivity index (χ0n) is 18.4. The number of hydrogen-bond acceptors (Lipinski definition) is 5. The third-order valence-electron chi connectivity index (χ3n) is 6.16. The van der Waals surface area contributed by atoms with Crippen molar-refractivity contribution in [1.82, 2.24) is 0 Å². The third-order valence-corrected chi connectivity index (χ3v) is 6.16. The van der Waals surface area contributed by atoms with Crippen LogP contribution in [0.4, 0.5) is 13.2 Å². The second-order valence-corrected chi connectivity index (χ2v) is 8.72. The van der Waals surface area contributed by atoms with E-state index >= 15 is 0 Å². The second kappa shape index (κ2) is 8.74. The van der Waals surface area contributed by atoms with Gasteiger partial charge in [0.25, 0.3) is 5.60 Å². The number of benzene rings is 1. The number of hydrogen-bond donors (Lipinski definition) is 1. The minimum Gasteiger partial charge on any atom is -0.460 e. The molecule has 0 aromatic heterocycles. The summed E-state index contributed by atoms with van der Waals surface area (Å²) in [6.07, 6.45) is -4.25. The Kier molecular flexibility index (Phi) is 7.07. The van der Waals surface area contributed by atoms with Gasteiger partial charge >= 0.3 is 12.1 Å². The van der Waals surface area contributed by atoms with E-state index in [1.807, 2.05) is 0 Å². The van der Waals surface area contributed by atoms with Gasteiger partial charge < -0.3 is 14.6 Å². The van der Waals surface area contributed by atoms with E-state index in [2.05, 4.69) is 0 Å². The lowest BCUT2D eigenvalue weighted by Gasteiger charge is -2.46. The van der Waals surface area contributed by atoms with Crippen molar-refractivity contribution in [3.63, 3.8) is 0 Å². The van der Waals surface area contributed by atoms with Gasteiger partial charge in [-0.15, -0.1) is 0 Å². The molecule has 0 unspecified atom stereocenters. The van der Waals surface area contributed by atoms with Gasteiger partial charge in [-0.3, -0.25) is 4.79 Å². The van der Waals surface area contributed by atoms with Crippen LogP contribution >= 0.6 is 0 Å². The molecule has 5 nitrogen and oxygen atoms in total. The van der Waals surface area contributed by atoms with Gasteiger partial charge in [0.15, 0.2) is 5.78 Å². The zero-order valence-corrected chi connectivity index (χ0v) is 18.4. The fraction of sp³-hybridized carbons (Fsp3) is 0.565. The molecule has 0 saturated carbocycles. The molecule has 3 atom stereocenters. The smallest absolute Gasteiger partial charge is 0.432 e. The van der Waals surface area contributed by atoms with Gasteiger partial charge in [-0.1, -0.05) is 44.2 Å². The molecule has 1 aromatic rings. The van der Waals surface area contributed by atoms with E-state index in [1.165, 1.54) is 31.2 Å². The minimum absolute atomic E-state index is 0.0930. The Balaban J connectivity index is 2.22. The predicted molar refractivity (Wildman–Crippen MR) is 108 cm³/mol. The molecule has 0 radical (unpaired) electrons. The first-order valence-corrected chi connectivity index (χ1v) is 10.0. The Morgan fingerprint density at radius 2 is 1.81 bits per heavy atom. The highest BCUT2D eigenvalue weighted by Gasteiger charge is 2.64. The van der Waals surface area contributed by atoms with Crippen LogP contribution < -0.4 is 0 Å². The number of rotatable bonds is 7. The van der Waals surface area contributed by atoms with E-state index in [4.69, 9.17) is 9.47 Å². The van der Waals surface area contributed by atoms with Crippen LogP contribution in [0.1, 0.15) is 52.5 Å². The zero-order chi connectivity index (χ0) is 23.7. The lowest BCUT2D eigenvalue weighted by molar-refractivity contribution is -0.278. The van der Waals surface area contributed by atoms with Gasteiger partial charge in [-0.25, -0.2) is 4.79 Å². The monoisotopic (exact) mass is 442 g/mol. The van der Waals surface area contributed by atoms with Gasteiger partial charge in [0.1, 0.15) is 0 Å². The highest BCUT2D eigenvalue weighted by Crippen LogP contribution is 2.47. The first-order valence-electron chi connectivity index (χ1n) is 10.0. The molecule has 2 rings (SSSR count). The standard InChI is InChI=1S/C23H29F3O5/c1-15-13-18(27)14-20(3,4)21(15,29)12-11-16(2)31-19(28)22(30-5,23(24,25)26)17-9-7-6-8-10-17/h6-10,13,16,29H,11-12,14H2,1-5H3/t16-,21+,22+/m0/s1. The molecule has 8 heteroatoms. The Hall–Kier alpha value is -2.19. The van der Waals surface area contributed by atoms with Crippen LogP contribution in [0.5, 0.6) is 0 Å². The molecular weight excluding hydrogens is 413 g/mol. The van der Waals surface area contributed by atoms with Crippen LogP contribution in [0.2, 0.25) is 0 Å². The molecule has 1 aliphatic carbocycles. The maximum atomic E-state index is 14.0. The third kappa shape index (κ3) is 4.55. The SMILES string of the molecule is CO[C@@](C(=O)O[C@@H](C)CC[C@@]1(O)C(C)=CC(=O)CC1(C)C)(c1ccccc1)C(F)(F)F. The molecule has 31 heavy (non-hydrogen) atoms. The highest BCUT2D eigenvalue weighted by atomic mass is 19.4. The predicted octanol–water partition coefficient (Wildman–Crippen LogP) is 4.48. The Morgan fingerprint density at radius 1 is 1.23 bits per heavy atom. The summed E-state index contributed by atoms with van der Waals surface area (Å²) < 4.78 is 51.9. The second-order valence-electron chi connectivity index (χ2n) is 8.72. The van der Waals surface area contributed by atoms with Crippen LogP contribution in [0.3, 0.4) is 0 Å². The van der Waals surface area contributed by atoms with E-state index in [-0.39, 0.29) is 30.6 Å². The van der Waals surface area contributed by atoms with E-state index in [0.29, 0.717) is 5.57 Å². The van der Waals surface area contributed by atoms with Gasteiger partial charge in [0.05, 0.1) is 11.7 Å². The largest absolute Gasteiger partial charge is 0.460 e. The lowest BCUT2D eigenvalue weighted by atomic mass is 9.63. The van der Waals surface area contributed by atoms with Gasteiger partial charge in [-0.2, -0.15) is 13.2 Å². The first-order chi connectivity index (χ1) is 14.2. The van der Waals surface area contributed by atoms with E-state index in [1.54, 1.807) is 20.8 Å². The fourth-order valence-electron chi connectivity index (χ4n) is 4.19. The number of esters is 1. The van der Waals surface area contributed by atoms with Crippen molar-refractivity contribution in [3.05, 3.63) is 47.5 Å². The highest BCUT2D eigenvalue weighted by molar-refractivity contribution is 5.92. The quantitative estimate of drug-likeness (QED) is 0.631. The van der Waals surface area contributed by atoms with Crippen LogP contribution in [-0.4, -0.2) is 41.9 Å². The summed E-state index contributed by atoms with van der Waals surface area (Å²) >= 11 is 0. The molecule has 0 aliphatic heterocycles. The number of allylic oxidation sites excluding steroid dienone is 1. The van der Waals surface area contributed by atoms with Crippen molar-refractivity contribution in [3.8, 4) is 0 Å². The van der Waals surface area contributed by atoms with Crippen LogP contribution in [-0.2, 0) is 24.7 Å². The van der Waals surface area contributed by atoms with E-state index < -0.39 is 34.9 Å². The molecule has 0 amide bonds. The molecule has 0 bridgehead atoms. The minimum atomic E-state index is -5.05. The Morgan fingerprint density at radius 3 is 2.29 bits per heavy atom. The number of aliphatic hydroxyl groups is 1. The van der Waals surface area contributed by atoms with Crippen LogP contribution in [0.25, 0.3) is 0 Å². The van der Waals surface area contributed by atoms with Crippen molar-refractivity contribution in [2.45, 2.75) is 70.4 Å². The summed E-state index contributed by atoms with van der Waals surface area (Å²) in [7, 11) is 0.810. The summed E-state index contributed by atoms with van der Waals surface area (Å²) in [5, 5.41) is 11.2. The number of methoxy groups -OCH3 is 1. The molecule has 0 saturated heterocycles. The molecule has 0 fully saturated rings. The fourth-order valence-corrected chi connectivity index (χ4v) is 4.19. The van der Waals surface area contributed by atoms with Crippen LogP contribution in [0.15, 0.2) is 42.0 Å². The number of ether oxygens (including phenoxy) is 2.